The summed E-state index contributed by atoms with van der Waals surface area (Å²) in [5.41, 5.74) is 3.89. The van der Waals surface area contributed by atoms with Crippen LogP contribution < -0.4 is 5.32 Å². The first-order valence-electron chi connectivity index (χ1n) is 8.16. The first-order chi connectivity index (χ1) is 10.0. The van der Waals surface area contributed by atoms with Crippen molar-refractivity contribution in [1.29, 1.82) is 0 Å². The van der Waals surface area contributed by atoms with E-state index in [9.17, 15) is 0 Å². The number of hydrogen-bond acceptors (Lipinski definition) is 2. The van der Waals surface area contributed by atoms with Crippen LogP contribution in [0.5, 0.6) is 0 Å². The van der Waals surface area contributed by atoms with E-state index in [0.29, 0.717) is 11.5 Å². The number of aryl methyl sites for hydroxylation is 1. The number of pyridine rings is 1. The highest BCUT2D eigenvalue weighted by atomic mass is 14.9. The molecule has 3 rings (SSSR count). The molecular weight excluding hydrogens is 256 g/mol. The van der Waals surface area contributed by atoms with Crippen molar-refractivity contribution in [2.24, 2.45) is 5.41 Å². The smallest absolute Gasteiger partial charge is 0.0936 e. The fraction of sp³-hybridized carbons (Fsp3) is 0.526. The van der Waals surface area contributed by atoms with Crippen molar-refractivity contribution in [1.82, 2.24) is 4.98 Å². The maximum atomic E-state index is 4.73. The molecule has 1 saturated carbocycles. The standard InChI is InChI=1S/C19H26N2/c1-14-9-10-15-6-4-8-17(18(15)20-14)21-16-7-5-12-19(2,3)13-11-16/h4,6,8-10,16,21H,5,7,11-13H2,1-3H3. The molecule has 2 heteroatoms. The third-order valence-corrected chi connectivity index (χ3v) is 4.79. The monoisotopic (exact) mass is 282 g/mol. The Bertz CT molecular complexity index is 630. The molecule has 1 unspecified atom stereocenters. The Balaban J connectivity index is 1.83. The number of para-hydroxylation sites is 1. The maximum Gasteiger partial charge on any atom is 0.0936 e. The van der Waals surface area contributed by atoms with Crippen molar-refractivity contribution in [3.8, 4) is 0 Å². The van der Waals surface area contributed by atoms with E-state index in [1.165, 1.54) is 43.2 Å². The van der Waals surface area contributed by atoms with E-state index in [2.05, 4.69) is 56.4 Å². The first-order valence-corrected chi connectivity index (χ1v) is 8.16. The van der Waals surface area contributed by atoms with Crippen molar-refractivity contribution in [3.63, 3.8) is 0 Å². The van der Waals surface area contributed by atoms with Crippen molar-refractivity contribution >= 4 is 16.6 Å². The highest BCUT2D eigenvalue weighted by Crippen LogP contribution is 2.35. The Kier molecular flexibility index (Phi) is 3.88. The van der Waals surface area contributed by atoms with Crippen LogP contribution in [0.25, 0.3) is 10.9 Å². The second kappa shape index (κ2) is 5.67. The van der Waals surface area contributed by atoms with E-state index in [1.54, 1.807) is 0 Å². The summed E-state index contributed by atoms with van der Waals surface area (Å²) in [6, 6.07) is 11.3. The van der Waals surface area contributed by atoms with Crippen molar-refractivity contribution < 1.29 is 0 Å². The van der Waals surface area contributed by atoms with Gasteiger partial charge in [0.25, 0.3) is 0 Å². The van der Waals surface area contributed by atoms with Gasteiger partial charge in [-0.15, -0.1) is 0 Å². The van der Waals surface area contributed by atoms with Gasteiger partial charge in [-0.2, -0.15) is 0 Å². The zero-order valence-electron chi connectivity index (χ0n) is 13.4. The van der Waals surface area contributed by atoms with Crippen LogP contribution >= 0.6 is 0 Å². The second-order valence-corrected chi connectivity index (χ2v) is 7.27. The lowest BCUT2D eigenvalue weighted by molar-refractivity contribution is 0.313. The first kappa shape index (κ1) is 14.4. The molecule has 2 nitrogen and oxygen atoms in total. The summed E-state index contributed by atoms with van der Waals surface area (Å²) in [7, 11) is 0. The lowest BCUT2D eigenvalue weighted by Crippen LogP contribution is -2.19. The summed E-state index contributed by atoms with van der Waals surface area (Å²) in [6.45, 7) is 6.86. The van der Waals surface area contributed by atoms with Crippen LogP contribution in [0.1, 0.15) is 51.6 Å². The Morgan fingerprint density at radius 1 is 1.10 bits per heavy atom. The lowest BCUT2D eigenvalue weighted by atomic mass is 9.85. The van der Waals surface area contributed by atoms with E-state index in [4.69, 9.17) is 4.98 Å². The normalized spacial score (nSPS) is 22.0. The average Bonchev–Trinajstić information content (AvgIpc) is 2.61. The topological polar surface area (TPSA) is 24.9 Å². The molecule has 1 atom stereocenters. The Morgan fingerprint density at radius 2 is 1.95 bits per heavy atom. The summed E-state index contributed by atoms with van der Waals surface area (Å²) in [4.78, 5) is 4.73. The van der Waals surface area contributed by atoms with Crippen LogP contribution in [0.2, 0.25) is 0 Å². The van der Waals surface area contributed by atoms with E-state index < -0.39 is 0 Å². The quantitative estimate of drug-likeness (QED) is 0.755. The van der Waals surface area contributed by atoms with Gasteiger partial charge in [-0.3, -0.25) is 4.98 Å². The number of fused-ring (bicyclic) bond motifs is 1. The number of anilines is 1. The van der Waals surface area contributed by atoms with Gasteiger partial charge in [-0.25, -0.2) is 0 Å². The van der Waals surface area contributed by atoms with Crippen molar-refractivity contribution in [2.75, 3.05) is 5.32 Å². The van der Waals surface area contributed by atoms with Gasteiger partial charge >= 0.3 is 0 Å². The molecule has 0 bridgehead atoms. The predicted molar refractivity (Wildman–Crippen MR) is 90.8 cm³/mol. The maximum absolute atomic E-state index is 4.73. The second-order valence-electron chi connectivity index (χ2n) is 7.27. The van der Waals surface area contributed by atoms with E-state index in [-0.39, 0.29) is 0 Å². The fourth-order valence-corrected chi connectivity index (χ4v) is 3.39. The molecule has 1 heterocycles. The Labute approximate surface area is 128 Å². The number of benzene rings is 1. The van der Waals surface area contributed by atoms with Gasteiger partial charge in [0, 0.05) is 17.1 Å². The highest BCUT2D eigenvalue weighted by Gasteiger charge is 2.24. The molecular formula is C19H26N2. The Hall–Kier alpha value is -1.57. The summed E-state index contributed by atoms with van der Waals surface area (Å²) in [5, 5.41) is 4.99. The molecule has 0 radical (unpaired) electrons. The van der Waals surface area contributed by atoms with Crippen molar-refractivity contribution in [3.05, 3.63) is 36.0 Å². The van der Waals surface area contributed by atoms with Gasteiger partial charge in [-0.1, -0.05) is 38.5 Å². The predicted octanol–water partition coefficient (Wildman–Crippen LogP) is 5.31. The van der Waals surface area contributed by atoms with E-state index >= 15 is 0 Å². The molecule has 0 spiro atoms. The molecule has 1 aromatic heterocycles. The molecule has 0 amide bonds. The van der Waals surface area contributed by atoms with Crippen LogP contribution in [0.3, 0.4) is 0 Å². The van der Waals surface area contributed by atoms with E-state index in [0.717, 1.165) is 11.2 Å². The molecule has 1 N–H and O–H groups in total. The molecule has 0 aliphatic heterocycles. The van der Waals surface area contributed by atoms with Crippen LogP contribution in [-0.4, -0.2) is 11.0 Å². The summed E-state index contributed by atoms with van der Waals surface area (Å²) < 4.78 is 0. The number of hydrogen-bond donors (Lipinski definition) is 1. The zero-order chi connectivity index (χ0) is 14.9. The minimum atomic E-state index is 0.504. The van der Waals surface area contributed by atoms with Crippen molar-refractivity contribution in [2.45, 2.75) is 58.9 Å². The summed E-state index contributed by atoms with van der Waals surface area (Å²) in [5.74, 6) is 0. The van der Waals surface area contributed by atoms with Crippen LogP contribution in [0.4, 0.5) is 5.69 Å². The molecule has 1 fully saturated rings. The third-order valence-electron chi connectivity index (χ3n) is 4.79. The molecule has 2 aromatic rings. The minimum absolute atomic E-state index is 0.504. The fourth-order valence-electron chi connectivity index (χ4n) is 3.39. The van der Waals surface area contributed by atoms with Crippen LogP contribution in [0.15, 0.2) is 30.3 Å². The molecule has 1 aromatic carbocycles. The van der Waals surface area contributed by atoms with Gasteiger partial charge in [0.15, 0.2) is 0 Å². The number of aromatic nitrogens is 1. The molecule has 1 aliphatic rings. The van der Waals surface area contributed by atoms with Gasteiger partial charge in [-0.05, 0) is 50.2 Å². The summed E-state index contributed by atoms with van der Waals surface area (Å²) >= 11 is 0. The van der Waals surface area contributed by atoms with Gasteiger partial charge in [0.2, 0.25) is 0 Å². The third kappa shape index (κ3) is 3.37. The number of nitrogens with zero attached hydrogens (tertiary/aromatic N) is 1. The largest absolute Gasteiger partial charge is 0.381 e. The number of nitrogens with one attached hydrogen (secondary N) is 1. The molecule has 1 aliphatic carbocycles. The molecule has 0 saturated heterocycles. The van der Waals surface area contributed by atoms with Crippen LogP contribution in [-0.2, 0) is 0 Å². The lowest BCUT2D eigenvalue weighted by Gasteiger charge is -2.22. The molecule has 21 heavy (non-hydrogen) atoms. The Morgan fingerprint density at radius 3 is 2.81 bits per heavy atom. The van der Waals surface area contributed by atoms with Gasteiger partial charge in [0.05, 0.1) is 11.2 Å². The van der Waals surface area contributed by atoms with Gasteiger partial charge in [0.1, 0.15) is 0 Å². The molecule has 112 valence electrons. The van der Waals surface area contributed by atoms with Gasteiger partial charge < -0.3 is 5.32 Å². The minimum Gasteiger partial charge on any atom is -0.381 e. The highest BCUT2D eigenvalue weighted by molar-refractivity contribution is 5.90. The summed E-state index contributed by atoms with van der Waals surface area (Å²) in [6.07, 6.45) is 6.50. The number of rotatable bonds is 2. The SMILES string of the molecule is Cc1ccc2cccc(NC3CCCC(C)(C)CC3)c2n1. The average molecular weight is 282 g/mol. The van der Waals surface area contributed by atoms with Crippen LogP contribution in [0, 0.1) is 12.3 Å². The zero-order valence-corrected chi connectivity index (χ0v) is 13.4. The van der Waals surface area contributed by atoms with E-state index in [1.807, 2.05) is 0 Å².